The third-order valence-electron chi connectivity index (χ3n) is 5.08. The third-order valence-corrected chi connectivity index (χ3v) is 5.08. The van der Waals surface area contributed by atoms with Crippen molar-refractivity contribution < 1.29 is 9.47 Å². The fourth-order valence-electron chi connectivity index (χ4n) is 3.26. The highest BCUT2D eigenvalue weighted by Gasteiger charge is 2.49. The lowest BCUT2D eigenvalue weighted by atomic mass is 9.77. The summed E-state index contributed by atoms with van der Waals surface area (Å²) in [6.45, 7) is 9.01. The highest BCUT2D eigenvalue weighted by Crippen LogP contribution is 2.44. The quantitative estimate of drug-likeness (QED) is 0.798. The van der Waals surface area contributed by atoms with Gasteiger partial charge in [-0.15, -0.1) is 0 Å². The number of ether oxygens (including phenoxy) is 2. The molecule has 0 aromatic heterocycles. The Hall–Kier alpha value is -0.630. The number of nitriles is 1. The summed E-state index contributed by atoms with van der Waals surface area (Å²) in [7, 11) is 2.09. The minimum atomic E-state index is -0.429. The zero-order valence-corrected chi connectivity index (χ0v) is 14.1. The summed E-state index contributed by atoms with van der Waals surface area (Å²) < 4.78 is 12.1. The Morgan fingerprint density at radius 2 is 1.67 bits per heavy atom. The maximum Gasteiger partial charge on any atom is 0.168 e. The van der Waals surface area contributed by atoms with Crippen molar-refractivity contribution in [3.63, 3.8) is 0 Å². The van der Waals surface area contributed by atoms with Gasteiger partial charge in [0, 0.05) is 18.3 Å². The first-order chi connectivity index (χ1) is 9.87. The molecule has 2 rings (SSSR count). The molecule has 1 heterocycles. The van der Waals surface area contributed by atoms with Crippen molar-refractivity contribution in [1.82, 2.24) is 4.90 Å². The molecule has 0 bridgehead atoms. The van der Waals surface area contributed by atoms with Crippen molar-refractivity contribution in [1.29, 1.82) is 5.26 Å². The summed E-state index contributed by atoms with van der Waals surface area (Å²) in [5.74, 6) is -0.429. The van der Waals surface area contributed by atoms with Crippen molar-refractivity contribution >= 4 is 0 Å². The van der Waals surface area contributed by atoms with Crippen LogP contribution >= 0.6 is 0 Å². The first-order valence-corrected chi connectivity index (χ1v) is 8.27. The van der Waals surface area contributed by atoms with Gasteiger partial charge < -0.3 is 9.47 Å². The number of hydrogen-bond donors (Lipinski definition) is 0. The van der Waals surface area contributed by atoms with Crippen molar-refractivity contribution in [2.24, 2.45) is 5.41 Å². The van der Waals surface area contributed by atoms with Crippen molar-refractivity contribution in [3.8, 4) is 6.07 Å². The van der Waals surface area contributed by atoms with Crippen LogP contribution in [0.2, 0.25) is 0 Å². The van der Waals surface area contributed by atoms with E-state index < -0.39 is 5.79 Å². The van der Waals surface area contributed by atoms with Gasteiger partial charge in [-0.3, -0.25) is 4.90 Å². The first-order valence-electron chi connectivity index (χ1n) is 8.27. The molecule has 0 aromatic rings. The Morgan fingerprint density at radius 1 is 1.10 bits per heavy atom. The zero-order valence-electron chi connectivity index (χ0n) is 14.1. The van der Waals surface area contributed by atoms with E-state index in [1.54, 1.807) is 0 Å². The summed E-state index contributed by atoms with van der Waals surface area (Å²) in [6.07, 6.45) is 5.64. The molecule has 2 aliphatic rings. The maximum atomic E-state index is 9.71. The van der Waals surface area contributed by atoms with Gasteiger partial charge in [0.05, 0.1) is 19.3 Å². The Bertz CT molecular complexity index is 380. The minimum Gasteiger partial charge on any atom is -0.349 e. The molecule has 1 aliphatic heterocycles. The molecule has 0 N–H and O–H groups in total. The molecule has 1 saturated carbocycles. The van der Waals surface area contributed by atoms with Gasteiger partial charge in [-0.1, -0.05) is 27.2 Å². The van der Waals surface area contributed by atoms with Gasteiger partial charge in [-0.05, 0) is 32.9 Å². The van der Waals surface area contributed by atoms with E-state index in [2.05, 4.69) is 38.8 Å². The average molecular weight is 294 g/mol. The maximum absolute atomic E-state index is 9.71. The second-order valence-corrected chi connectivity index (χ2v) is 7.57. The van der Waals surface area contributed by atoms with E-state index in [0.29, 0.717) is 0 Å². The highest BCUT2D eigenvalue weighted by atomic mass is 16.7. The predicted molar refractivity (Wildman–Crippen MR) is 82.8 cm³/mol. The summed E-state index contributed by atoms with van der Waals surface area (Å²) in [6, 6.07) is 2.58. The van der Waals surface area contributed by atoms with Crippen LogP contribution in [0.3, 0.4) is 0 Å². The normalized spacial score (nSPS) is 26.7. The van der Waals surface area contributed by atoms with Gasteiger partial charge in [0.1, 0.15) is 5.54 Å². The first kappa shape index (κ1) is 16.7. The third kappa shape index (κ3) is 3.59. The lowest BCUT2D eigenvalue weighted by Crippen LogP contribution is -2.56. The molecular weight excluding hydrogens is 264 g/mol. The number of unbranched alkanes of at least 4 members (excludes halogenated alkanes) is 1. The lowest BCUT2D eigenvalue weighted by molar-refractivity contribution is -0.314. The fourth-order valence-corrected chi connectivity index (χ4v) is 3.26. The van der Waals surface area contributed by atoms with Crippen LogP contribution in [0.15, 0.2) is 0 Å². The van der Waals surface area contributed by atoms with Crippen LogP contribution in [0.4, 0.5) is 0 Å². The van der Waals surface area contributed by atoms with E-state index in [1.165, 1.54) is 0 Å². The van der Waals surface area contributed by atoms with E-state index >= 15 is 0 Å². The largest absolute Gasteiger partial charge is 0.349 e. The monoisotopic (exact) mass is 294 g/mol. The number of rotatable bonds is 4. The van der Waals surface area contributed by atoms with E-state index in [4.69, 9.17) is 9.47 Å². The van der Waals surface area contributed by atoms with Gasteiger partial charge in [0.15, 0.2) is 5.79 Å². The van der Waals surface area contributed by atoms with Crippen LogP contribution in [0.25, 0.3) is 0 Å². The van der Waals surface area contributed by atoms with Crippen LogP contribution in [0.1, 0.15) is 59.3 Å². The molecule has 0 aromatic carbocycles. The summed E-state index contributed by atoms with van der Waals surface area (Å²) in [5, 5.41) is 9.71. The average Bonchev–Trinajstić information content (AvgIpc) is 2.49. The van der Waals surface area contributed by atoms with Crippen molar-refractivity contribution in [2.45, 2.75) is 70.6 Å². The molecule has 0 atom stereocenters. The SMILES string of the molecule is CCCCN(C)C1(C#N)CCC2(CC1)OCC(C)(C)CO2. The molecule has 1 aliphatic carbocycles. The Balaban J connectivity index is 1.96. The second kappa shape index (κ2) is 6.24. The van der Waals surface area contributed by atoms with Crippen LogP contribution in [-0.2, 0) is 9.47 Å². The number of hydrogen-bond acceptors (Lipinski definition) is 4. The van der Waals surface area contributed by atoms with Crippen LogP contribution in [0, 0.1) is 16.7 Å². The van der Waals surface area contributed by atoms with Gasteiger partial charge in [-0.25, -0.2) is 0 Å². The minimum absolute atomic E-state index is 0.104. The fraction of sp³-hybridized carbons (Fsp3) is 0.941. The molecule has 4 heteroatoms. The molecule has 1 spiro atoms. The zero-order chi connectivity index (χ0) is 15.6. The molecule has 0 unspecified atom stereocenters. The molecule has 2 fully saturated rings. The summed E-state index contributed by atoms with van der Waals surface area (Å²) in [5.41, 5.74) is -0.229. The molecular formula is C17H30N2O2. The van der Waals surface area contributed by atoms with Gasteiger partial charge in [0.25, 0.3) is 0 Å². The van der Waals surface area contributed by atoms with E-state index in [1.807, 2.05) is 0 Å². The smallest absolute Gasteiger partial charge is 0.168 e. The Labute approximate surface area is 129 Å². The Kier molecular flexibility index (Phi) is 4.97. The van der Waals surface area contributed by atoms with Crippen LogP contribution < -0.4 is 0 Å². The van der Waals surface area contributed by atoms with E-state index in [9.17, 15) is 5.26 Å². The lowest BCUT2D eigenvalue weighted by Gasteiger charge is -2.50. The van der Waals surface area contributed by atoms with Gasteiger partial charge >= 0.3 is 0 Å². The topological polar surface area (TPSA) is 45.5 Å². The van der Waals surface area contributed by atoms with Crippen LogP contribution in [-0.4, -0.2) is 43.0 Å². The number of nitrogens with zero attached hydrogens (tertiary/aromatic N) is 2. The van der Waals surface area contributed by atoms with E-state index in [-0.39, 0.29) is 11.0 Å². The van der Waals surface area contributed by atoms with Crippen molar-refractivity contribution in [2.75, 3.05) is 26.8 Å². The van der Waals surface area contributed by atoms with Crippen LogP contribution in [0.5, 0.6) is 0 Å². The summed E-state index contributed by atoms with van der Waals surface area (Å²) >= 11 is 0. The molecule has 0 amide bonds. The summed E-state index contributed by atoms with van der Waals surface area (Å²) in [4.78, 5) is 2.25. The molecule has 0 radical (unpaired) electrons. The van der Waals surface area contributed by atoms with Gasteiger partial charge in [-0.2, -0.15) is 5.26 Å². The highest BCUT2D eigenvalue weighted by molar-refractivity contribution is 5.11. The standard InChI is InChI=1S/C17H30N2O2/c1-5-6-11-19(4)16(12-18)7-9-17(10-8-16)20-13-15(2,3)14-21-17/h5-11,13-14H2,1-4H3. The van der Waals surface area contributed by atoms with Gasteiger partial charge in [0.2, 0.25) is 0 Å². The molecule has 120 valence electrons. The molecule has 4 nitrogen and oxygen atoms in total. The Morgan fingerprint density at radius 3 is 2.14 bits per heavy atom. The predicted octanol–water partition coefficient (Wildman–Crippen LogP) is 3.32. The molecule has 1 saturated heterocycles. The van der Waals surface area contributed by atoms with E-state index in [0.717, 1.165) is 58.3 Å². The van der Waals surface area contributed by atoms with Crippen molar-refractivity contribution in [3.05, 3.63) is 0 Å². The second-order valence-electron chi connectivity index (χ2n) is 7.57. The molecule has 21 heavy (non-hydrogen) atoms.